The number of aryl methyl sites for hydroxylation is 1. The molecule has 0 unspecified atom stereocenters. The molecule has 152 valence electrons. The number of ether oxygens (including phenoxy) is 1. The predicted octanol–water partition coefficient (Wildman–Crippen LogP) is 5.21. The van der Waals surface area contributed by atoms with E-state index in [1.165, 1.54) is 11.3 Å². The number of anilines is 1. The number of rotatable bonds is 6. The van der Waals surface area contributed by atoms with Crippen molar-refractivity contribution >= 4 is 39.8 Å². The highest BCUT2D eigenvalue weighted by Gasteiger charge is 2.16. The molecule has 0 saturated heterocycles. The van der Waals surface area contributed by atoms with Crippen LogP contribution in [0.15, 0.2) is 60.0 Å². The van der Waals surface area contributed by atoms with Gasteiger partial charge in [0.15, 0.2) is 0 Å². The van der Waals surface area contributed by atoms with Gasteiger partial charge in [-0.05, 0) is 50.2 Å². The predicted molar refractivity (Wildman–Crippen MR) is 119 cm³/mol. The number of aromatic nitrogens is 2. The molecule has 0 saturated carbocycles. The highest BCUT2D eigenvalue weighted by molar-refractivity contribution is 7.13. The molecule has 0 atom stereocenters. The highest BCUT2D eigenvalue weighted by Crippen LogP contribution is 2.30. The minimum absolute atomic E-state index is 0.291. The van der Waals surface area contributed by atoms with Crippen molar-refractivity contribution in [3.05, 3.63) is 71.2 Å². The van der Waals surface area contributed by atoms with Gasteiger partial charge in [0.05, 0.1) is 17.9 Å². The Morgan fingerprint density at radius 3 is 2.60 bits per heavy atom. The van der Waals surface area contributed by atoms with Crippen LogP contribution in [0.2, 0.25) is 0 Å². The summed E-state index contributed by atoms with van der Waals surface area (Å²) in [6.07, 6.45) is 0. The molecule has 7 heteroatoms. The molecule has 1 N–H and O–H groups in total. The van der Waals surface area contributed by atoms with Crippen LogP contribution >= 0.6 is 11.3 Å². The fourth-order valence-electron chi connectivity index (χ4n) is 3.32. The molecule has 0 aliphatic heterocycles. The van der Waals surface area contributed by atoms with Gasteiger partial charge in [0, 0.05) is 28.5 Å². The number of fused-ring (bicyclic) bond motifs is 1. The molecule has 0 aliphatic rings. The largest absolute Gasteiger partial charge is 0.462 e. The van der Waals surface area contributed by atoms with E-state index < -0.39 is 0 Å². The second-order valence-electron chi connectivity index (χ2n) is 6.62. The van der Waals surface area contributed by atoms with Gasteiger partial charge in [-0.15, -0.1) is 11.3 Å². The van der Waals surface area contributed by atoms with Crippen molar-refractivity contribution in [1.29, 1.82) is 0 Å². The Labute approximate surface area is 178 Å². The zero-order valence-electron chi connectivity index (χ0n) is 16.7. The maximum absolute atomic E-state index is 12.6. The van der Waals surface area contributed by atoms with Gasteiger partial charge in [0.2, 0.25) is 0 Å². The first kappa shape index (κ1) is 19.8. The summed E-state index contributed by atoms with van der Waals surface area (Å²) in [6, 6.07) is 16.9. The van der Waals surface area contributed by atoms with E-state index in [9.17, 15) is 9.59 Å². The lowest BCUT2D eigenvalue weighted by Crippen LogP contribution is -2.12. The van der Waals surface area contributed by atoms with Gasteiger partial charge < -0.3 is 14.6 Å². The summed E-state index contributed by atoms with van der Waals surface area (Å²) >= 11 is 1.44. The van der Waals surface area contributed by atoms with Crippen molar-refractivity contribution in [1.82, 2.24) is 9.55 Å². The van der Waals surface area contributed by atoms with Crippen molar-refractivity contribution in [2.75, 3.05) is 11.9 Å². The first-order valence-corrected chi connectivity index (χ1v) is 10.6. The number of amides is 1. The maximum Gasteiger partial charge on any atom is 0.338 e. The molecule has 1 amide bonds. The molecule has 0 aliphatic carbocycles. The van der Waals surface area contributed by atoms with Crippen molar-refractivity contribution in [3.8, 4) is 10.7 Å². The number of nitrogens with zero attached hydrogens (tertiary/aromatic N) is 2. The Morgan fingerprint density at radius 2 is 1.87 bits per heavy atom. The molecule has 0 bridgehead atoms. The second kappa shape index (κ2) is 8.51. The normalized spacial score (nSPS) is 10.9. The van der Waals surface area contributed by atoms with Gasteiger partial charge in [-0.1, -0.05) is 18.2 Å². The fraction of sp³-hybridized carbons (Fsp3) is 0.174. The zero-order chi connectivity index (χ0) is 21.1. The van der Waals surface area contributed by atoms with E-state index in [-0.39, 0.29) is 11.9 Å². The lowest BCUT2D eigenvalue weighted by Gasteiger charge is -2.06. The topological polar surface area (TPSA) is 73.2 Å². The van der Waals surface area contributed by atoms with Crippen LogP contribution < -0.4 is 5.32 Å². The Bertz CT molecular complexity index is 1210. The maximum atomic E-state index is 12.6. The van der Waals surface area contributed by atoms with Crippen molar-refractivity contribution in [2.24, 2.45) is 0 Å². The summed E-state index contributed by atoms with van der Waals surface area (Å²) in [6.45, 7) is 4.99. The number of hydrogen-bond donors (Lipinski definition) is 1. The molecule has 6 nitrogen and oxygen atoms in total. The molecule has 2 aromatic heterocycles. The van der Waals surface area contributed by atoms with E-state index >= 15 is 0 Å². The van der Waals surface area contributed by atoms with Crippen molar-refractivity contribution < 1.29 is 14.3 Å². The number of thiazole rings is 1. The van der Waals surface area contributed by atoms with Gasteiger partial charge in [-0.3, -0.25) is 4.79 Å². The lowest BCUT2D eigenvalue weighted by molar-refractivity contribution is 0.0526. The monoisotopic (exact) mass is 419 g/mol. The minimum Gasteiger partial charge on any atom is -0.462 e. The van der Waals surface area contributed by atoms with E-state index in [0.29, 0.717) is 23.6 Å². The molecule has 2 heterocycles. The molecule has 4 rings (SSSR count). The van der Waals surface area contributed by atoms with E-state index in [0.717, 1.165) is 28.1 Å². The number of carbonyl (C=O) groups is 2. The number of nitrogens with one attached hydrogen (secondary N) is 1. The fourth-order valence-corrected chi connectivity index (χ4v) is 4.15. The van der Waals surface area contributed by atoms with Gasteiger partial charge in [0.25, 0.3) is 5.91 Å². The molecule has 4 aromatic rings. The zero-order valence-corrected chi connectivity index (χ0v) is 17.5. The average Bonchev–Trinajstić information content (AvgIpc) is 3.39. The van der Waals surface area contributed by atoms with Crippen LogP contribution in [0.25, 0.3) is 21.6 Å². The summed E-state index contributed by atoms with van der Waals surface area (Å²) in [4.78, 5) is 28.9. The van der Waals surface area contributed by atoms with Gasteiger partial charge in [-0.25, -0.2) is 9.78 Å². The summed E-state index contributed by atoms with van der Waals surface area (Å²) in [5.74, 6) is -0.675. The third kappa shape index (κ3) is 3.84. The molecular formula is C23H21N3O3S. The molecule has 0 fully saturated rings. The quantitative estimate of drug-likeness (QED) is 0.435. The highest BCUT2D eigenvalue weighted by atomic mass is 32.1. The Kier molecular flexibility index (Phi) is 5.63. The van der Waals surface area contributed by atoms with Gasteiger partial charge >= 0.3 is 5.97 Å². The first-order valence-electron chi connectivity index (χ1n) is 9.73. The van der Waals surface area contributed by atoms with E-state index in [2.05, 4.69) is 40.0 Å². The Morgan fingerprint density at radius 1 is 1.10 bits per heavy atom. The second-order valence-corrected chi connectivity index (χ2v) is 7.48. The van der Waals surface area contributed by atoms with Crippen LogP contribution in [0.5, 0.6) is 0 Å². The standard InChI is InChI=1S/C23H21N3O3S/c1-3-26-19-8-6-5-7-16(19)13-20(26)22-25-18(14-30-22)21(27)24-17-11-9-15(10-12-17)23(28)29-4-2/h5-14H,3-4H2,1-2H3,(H,24,27). The molecule has 0 spiro atoms. The van der Waals surface area contributed by atoms with Crippen molar-refractivity contribution in [2.45, 2.75) is 20.4 Å². The number of carbonyl (C=O) groups excluding carboxylic acids is 2. The lowest BCUT2D eigenvalue weighted by atomic mass is 10.2. The molecule has 30 heavy (non-hydrogen) atoms. The van der Waals surface area contributed by atoms with Crippen molar-refractivity contribution in [3.63, 3.8) is 0 Å². The van der Waals surface area contributed by atoms with E-state index in [4.69, 9.17) is 4.74 Å². The first-order chi connectivity index (χ1) is 14.6. The van der Waals surface area contributed by atoms with Crippen LogP contribution in [0.3, 0.4) is 0 Å². The summed E-state index contributed by atoms with van der Waals surface area (Å²) < 4.78 is 7.17. The van der Waals surface area contributed by atoms with Gasteiger partial charge in [-0.2, -0.15) is 0 Å². The van der Waals surface area contributed by atoms with Crippen LogP contribution in [-0.2, 0) is 11.3 Å². The third-order valence-electron chi connectivity index (χ3n) is 4.74. The van der Waals surface area contributed by atoms with E-state index in [1.54, 1.807) is 36.6 Å². The number of esters is 1. The molecular weight excluding hydrogens is 398 g/mol. The molecule has 2 aromatic carbocycles. The van der Waals surface area contributed by atoms with Crippen LogP contribution in [-0.4, -0.2) is 28.0 Å². The number of para-hydroxylation sites is 1. The molecule has 0 radical (unpaired) electrons. The SMILES string of the molecule is CCOC(=O)c1ccc(NC(=O)c2csc(-c3cc4ccccc4n3CC)n2)cc1. The average molecular weight is 420 g/mol. The number of benzene rings is 2. The summed E-state index contributed by atoms with van der Waals surface area (Å²) in [5.41, 5.74) is 3.54. The number of hydrogen-bond acceptors (Lipinski definition) is 5. The third-order valence-corrected chi connectivity index (χ3v) is 5.60. The minimum atomic E-state index is -0.383. The van der Waals surface area contributed by atoms with Crippen LogP contribution in [0.4, 0.5) is 5.69 Å². The van der Waals surface area contributed by atoms with E-state index in [1.807, 2.05) is 12.1 Å². The van der Waals surface area contributed by atoms with Crippen LogP contribution in [0, 0.1) is 0 Å². The smallest absolute Gasteiger partial charge is 0.338 e. The summed E-state index contributed by atoms with van der Waals surface area (Å²) in [7, 11) is 0. The Hall–Kier alpha value is -3.45. The Balaban J connectivity index is 1.53. The summed E-state index contributed by atoms with van der Waals surface area (Å²) in [5, 5.41) is 6.53. The van der Waals surface area contributed by atoms with Gasteiger partial charge in [0.1, 0.15) is 10.7 Å². The van der Waals surface area contributed by atoms with Crippen LogP contribution in [0.1, 0.15) is 34.7 Å².